The summed E-state index contributed by atoms with van der Waals surface area (Å²) in [5.41, 5.74) is 0. The fourth-order valence-corrected chi connectivity index (χ4v) is 1.45. The Bertz CT molecular complexity index is 113. The molecule has 0 aliphatic rings. The Balaban J connectivity index is 3.21. The quantitative estimate of drug-likeness (QED) is 0.351. The third-order valence-corrected chi connectivity index (χ3v) is 2.29. The molecule has 0 radical (unpaired) electrons. The molecule has 0 fully saturated rings. The van der Waals surface area contributed by atoms with Gasteiger partial charge in [0.1, 0.15) is 0 Å². The first-order valence-corrected chi connectivity index (χ1v) is 7.76. The molecule has 0 aromatic rings. The molecule has 0 heterocycles. The Morgan fingerprint density at radius 1 is 1.18 bits per heavy atom. The number of hydrogen-bond acceptors (Lipinski definition) is 1. The first-order chi connectivity index (χ1) is 5.06. The molecule has 2 heteroatoms. The summed E-state index contributed by atoms with van der Waals surface area (Å²) in [7, 11) is -1.25. The highest BCUT2D eigenvalue weighted by Gasteiger charge is 2.12. The van der Waals surface area contributed by atoms with Crippen molar-refractivity contribution in [3.8, 4) is 0 Å². The van der Waals surface area contributed by atoms with E-state index >= 15 is 0 Å². The molecule has 0 saturated heterocycles. The molecule has 0 rings (SSSR count). The first kappa shape index (κ1) is 10.9. The van der Waals surface area contributed by atoms with Gasteiger partial charge in [0.2, 0.25) is 0 Å². The lowest BCUT2D eigenvalue weighted by atomic mass is 10.3. The zero-order chi connectivity index (χ0) is 8.74. The molecule has 0 aliphatic heterocycles. The zero-order valence-electron chi connectivity index (χ0n) is 8.18. The van der Waals surface area contributed by atoms with E-state index in [4.69, 9.17) is 4.43 Å². The van der Waals surface area contributed by atoms with Gasteiger partial charge in [-0.1, -0.05) is 19.1 Å². The van der Waals surface area contributed by atoms with Crippen LogP contribution < -0.4 is 0 Å². The van der Waals surface area contributed by atoms with Crippen molar-refractivity contribution in [1.82, 2.24) is 0 Å². The molecule has 11 heavy (non-hydrogen) atoms. The summed E-state index contributed by atoms with van der Waals surface area (Å²) in [6.45, 7) is 9.70. The molecular weight excluding hydrogens is 152 g/mol. The second kappa shape index (κ2) is 5.55. The number of allylic oxidation sites excluding steroid dienone is 1. The molecule has 0 unspecified atom stereocenters. The van der Waals surface area contributed by atoms with Crippen LogP contribution in [0.1, 0.15) is 19.8 Å². The van der Waals surface area contributed by atoms with Gasteiger partial charge in [-0.2, -0.15) is 0 Å². The fraction of sp³-hybridized carbons (Fsp3) is 0.778. The summed E-state index contributed by atoms with van der Waals surface area (Å²) < 4.78 is 5.66. The molecule has 0 amide bonds. The molecule has 0 aliphatic carbocycles. The van der Waals surface area contributed by atoms with Gasteiger partial charge in [0.15, 0.2) is 8.32 Å². The van der Waals surface area contributed by atoms with Crippen molar-refractivity contribution >= 4 is 8.32 Å². The smallest absolute Gasteiger partial charge is 0.183 e. The summed E-state index contributed by atoms with van der Waals surface area (Å²) in [6.07, 6.45) is 6.58. The monoisotopic (exact) mass is 172 g/mol. The van der Waals surface area contributed by atoms with E-state index in [1.807, 2.05) is 0 Å². The standard InChI is InChI=1S/C9H20OSi/c1-5-6-7-8-9-10-11(2,3)4/h6-7H,5,8-9H2,1-4H3/b7-6-. The Hall–Kier alpha value is -0.0831. The zero-order valence-corrected chi connectivity index (χ0v) is 9.18. The van der Waals surface area contributed by atoms with Crippen LogP contribution >= 0.6 is 0 Å². The van der Waals surface area contributed by atoms with Crippen LogP contribution in [0.4, 0.5) is 0 Å². The molecule has 0 N–H and O–H groups in total. The van der Waals surface area contributed by atoms with Gasteiger partial charge >= 0.3 is 0 Å². The summed E-state index contributed by atoms with van der Waals surface area (Å²) in [4.78, 5) is 0. The maximum absolute atomic E-state index is 5.66. The van der Waals surface area contributed by atoms with E-state index in [1.54, 1.807) is 0 Å². The van der Waals surface area contributed by atoms with Crippen molar-refractivity contribution in [3.63, 3.8) is 0 Å². The van der Waals surface area contributed by atoms with Gasteiger partial charge in [0, 0.05) is 6.61 Å². The second-order valence-corrected chi connectivity index (χ2v) is 8.14. The maximum Gasteiger partial charge on any atom is 0.183 e. The predicted octanol–water partition coefficient (Wildman–Crippen LogP) is 3.19. The maximum atomic E-state index is 5.66. The molecule has 0 spiro atoms. The van der Waals surface area contributed by atoms with Gasteiger partial charge in [0.05, 0.1) is 0 Å². The normalized spacial score (nSPS) is 12.7. The van der Waals surface area contributed by atoms with Gasteiger partial charge in [-0.25, -0.2) is 0 Å². The lowest BCUT2D eigenvalue weighted by Gasteiger charge is -2.15. The topological polar surface area (TPSA) is 9.23 Å². The summed E-state index contributed by atoms with van der Waals surface area (Å²) >= 11 is 0. The first-order valence-electron chi connectivity index (χ1n) is 4.35. The minimum atomic E-state index is -1.25. The van der Waals surface area contributed by atoms with Crippen LogP contribution in [-0.4, -0.2) is 14.9 Å². The SMILES string of the molecule is CC/C=C\CCO[Si](C)(C)C. The van der Waals surface area contributed by atoms with Crippen LogP contribution in [0.5, 0.6) is 0 Å². The van der Waals surface area contributed by atoms with Crippen molar-refractivity contribution in [1.29, 1.82) is 0 Å². The molecule has 0 bridgehead atoms. The van der Waals surface area contributed by atoms with E-state index in [-0.39, 0.29) is 0 Å². The average Bonchev–Trinajstić information content (AvgIpc) is 1.85. The summed E-state index contributed by atoms with van der Waals surface area (Å²) in [5, 5.41) is 0. The van der Waals surface area contributed by atoms with Gasteiger partial charge in [0.25, 0.3) is 0 Å². The van der Waals surface area contributed by atoms with E-state index in [2.05, 4.69) is 38.7 Å². The highest BCUT2D eigenvalue weighted by atomic mass is 28.4. The minimum Gasteiger partial charge on any atom is -0.417 e. The highest BCUT2D eigenvalue weighted by Crippen LogP contribution is 2.02. The summed E-state index contributed by atoms with van der Waals surface area (Å²) in [5.74, 6) is 0. The van der Waals surface area contributed by atoms with Crippen LogP contribution in [0.3, 0.4) is 0 Å². The third kappa shape index (κ3) is 9.92. The van der Waals surface area contributed by atoms with Crippen molar-refractivity contribution in [2.45, 2.75) is 39.4 Å². The molecule has 1 nitrogen and oxygen atoms in total. The van der Waals surface area contributed by atoms with Crippen molar-refractivity contribution in [3.05, 3.63) is 12.2 Å². The molecule has 66 valence electrons. The lowest BCUT2D eigenvalue weighted by molar-refractivity contribution is 0.319. The van der Waals surface area contributed by atoms with E-state index < -0.39 is 8.32 Å². The van der Waals surface area contributed by atoms with Gasteiger partial charge in [-0.3, -0.25) is 0 Å². The molecular formula is C9H20OSi. The van der Waals surface area contributed by atoms with Crippen LogP contribution in [-0.2, 0) is 4.43 Å². The van der Waals surface area contributed by atoms with Crippen LogP contribution in [0, 0.1) is 0 Å². The molecule has 0 saturated carbocycles. The number of hydrogen-bond donors (Lipinski definition) is 0. The largest absolute Gasteiger partial charge is 0.417 e. The third-order valence-electron chi connectivity index (χ3n) is 1.22. The fourth-order valence-electron chi connectivity index (χ4n) is 0.718. The van der Waals surface area contributed by atoms with E-state index in [0.29, 0.717) is 0 Å². The van der Waals surface area contributed by atoms with E-state index in [1.165, 1.54) is 0 Å². The van der Waals surface area contributed by atoms with Gasteiger partial charge in [-0.05, 0) is 32.5 Å². The van der Waals surface area contributed by atoms with Crippen molar-refractivity contribution < 1.29 is 4.43 Å². The van der Waals surface area contributed by atoms with E-state index in [9.17, 15) is 0 Å². The van der Waals surface area contributed by atoms with Crippen molar-refractivity contribution in [2.24, 2.45) is 0 Å². The molecule has 0 aromatic carbocycles. The minimum absolute atomic E-state index is 0.895. The highest BCUT2D eigenvalue weighted by molar-refractivity contribution is 6.69. The van der Waals surface area contributed by atoms with Crippen LogP contribution in [0.2, 0.25) is 19.6 Å². The Labute approximate surface area is 71.6 Å². The Morgan fingerprint density at radius 2 is 1.82 bits per heavy atom. The molecule has 0 atom stereocenters. The lowest BCUT2D eigenvalue weighted by Crippen LogP contribution is -2.25. The van der Waals surface area contributed by atoms with Crippen LogP contribution in [0.15, 0.2) is 12.2 Å². The number of rotatable bonds is 5. The average molecular weight is 172 g/mol. The van der Waals surface area contributed by atoms with Gasteiger partial charge in [-0.15, -0.1) is 0 Å². The molecule has 0 aromatic heterocycles. The van der Waals surface area contributed by atoms with Crippen LogP contribution in [0.25, 0.3) is 0 Å². The summed E-state index contributed by atoms with van der Waals surface area (Å²) in [6, 6.07) is 0. The predicted molar refractivity (Wildman–Crippen MR) is 53.3 cm³/mol. The second-order valence-electron chi connectivity index (χ2n) is 3.63. The van der Waals surface area contributed by atoms with Gasteiger partial charge < -0.3 is 4.43 Å². The Kier molecular flexibility index (Phi) is 5.51. The van der Waals surface area contributed by atoms with E-state index in [0.717, 1.165) is 19.4 Å². The Morgan fingerprint density at radius 3 is 2.27 bits per heavy atom. The van der Waals surface area contributed by atoms with Crippen molar-refractivity contribution in [2.75, 3.05) is 6.61 Å².